The Bertz CT molecular complexity index is 739. The minimum atomic E-state index is -0.339. The van der Waals surface area contributed by atoms with Gasteiger partial charge in [-0.1, -0.05) is 19.9 Å². The van der Waals surface area contributed by atoms with Crippen LogP contribution in [0, 0.1) is 5.92 Å². The van der Waals surface area contributed by atoms with E-state index < -0.39 is 0 Å². The molecule has 0 heterocycles. The monoisotopic (exact) mass is 326 g/mol. The van der Waals surface area contributed by atoms with Crippen molar-refractivity contribution in [2.75, 3.05) is 19.0 Å². The highest BCUT2D eigenvalue weighted by Gasteiger charge is 2.09. The first-order valence-corrected chi connectivity index (χ1v) is 7.79. The Balaban J connectivity index is 2.19. The molecule has 0 fully saturated rings. The Morgan fingerprint density at radius 2 is 2.08 bits per heavy atom. The molecule has 0 spiro atoms. The molecule has 0 bridgehead atoms. The first-order chi connectivity index (χ1) is 11.5. The van der Waals surface area contributed by atoms with E-state index in [4.69, 9.17) is 4.74 Å². The van der Waals surface area contributed by atoms with E-state index in [1.165, 1.54) is 0 Å². The zero-order chi connectivity index (χ0) is 17.5. The molecule has 0 amide bonds. The summed E-state index contributed by atoms with van der Waals surface area (Å²) < 4.78 is 5.25. The van der Waals surface area contributed by atoms with Crippen molar-refractivity contribution >= 4 is 23.6 Å². The van der Waals surface area contributed by atoms with E-state index in [0.29, 0.717) is 18.1 Å². The normalized spacial score (nSPS) is 11.0. The third-order valence-corrected chi connectivity index (χ3v) is 3.23. The van der Waals surface area contributed by atoms with E-state index in [0.717, 1.165) is 16.9 Å². The molecule has 24 heavy (non-hydrogen) atoms. The smallest absolute Gasteiger partial charge is 0.338 e. The van der Waals surface area contributed by atoms with Crippen molar-refractivity contribution in [3.8, 4) is 5.75 Å². The minimum absolute atomic E-state index is 0.168. The van der Waals surface area contributed by atoms with Gasteiger partial charge in [-0.05, 0) is 42.3 Å². The molecule has 0 aliphatic carbocycles. The SMILES string of the molecule is CN=Cc1cc(O)ccc1Nc1cccc(C(=O)OCC(C)C)c1. The quantitative estimate of drug-likeness (QED) is 0.478. The maximum absolute atomic E-state index is 12.1. The van der Waals surface area contributed by atoms with Gasteiger partial charge in [0.05, 0.1) is 12.2 Å². The molecule has 5 nitrogen and oxygen atoms in total. The highest BCUT2D eigenvalue weighted by atomic mass is 16.5. The van der Waals surface area contributed by atoms with Crippen LogP contribution in [0.25, 0.3) is 0 Å². The third kappa shape index (κ3) is 4.84. The van der Waals surface area contributed by atoms with Gasteiger partial charge in [-0.3, -0.25) is 4.99 Å². The summed E-state index contributed by atoms with van der Waals surface area (Å²) in [5.74, 6) is 0.123. The number of carbonyl (C=O) groups is 1. The van der Waals surface area contributed by atoms with E-state index >= 15 is 0 Å². The number of benzene rings is 2. The van der Waals surface area contributed by atoms with E-state index in [-0.39, 0.29) is 11.7 Å². The van der Waals surface area contributed by atoms with Crippen molar-refractivity contribution in [1.29, 1.82) is 0 Å². The number of nitrogens with one attached hydrogen (secondary N) is 1. The lowest BCUT2D eigenvalue weighted by Gasteiger charge is -2.12. The molecule has 0 radical (unpaired) electrons. The number of rotatable bonds is 6. The fourth-order valence-electron chi connectivity index (χ4n) is 2.11. The Morgan fingerprint density at radius 1 is 1.29 bits per heavy atom. The number of aliphatic imine (C=N–C) groups is 1. The molecule has 0 unspecified atom stereocenters. The maximum atomic E-state index is 12.1. The van der Waals surface area contributed by atoms with Crippen molar-refractivity contribution < 1.29 is 14.6 Å². The van der Waals surface area contributed by atoms with Gasteiger partial charge in [-0.15, -0.1) is 0 Å². The molecule has 0 aliphatic heterocycles. The average molecular weight is 326 g/mol. The second-order valence-corrected chi connectivity index (χ2v) is 5.86. The Kier molecular flexibility index (Phi) is 5.95. The molecular formula is C19H22N2O3. The van der Waals surface area contributed by atoms with Crippen LogP contribution in [-0.2, 0) is 4.74 Å². The van der Waals surface area contributed by atoms with Gasteiger partial charge in [-0.2, -0.15) is 0 Å². The molecule has 0 aromatic heterocycles. The number of anilines is 2. The van der Waals surface area contributed by atoms with E-state index in [1.54, 1.807) is 49.7 Å². The lowest BCUT2D eigenvalue weighted by atomic mass is 10.1. The average Bonchev–Trinajstić information content (AvgIpc) is 2.55. The van der Waals surface area contributed by atoms with Crippen LogP contribution in [0.3, 0.4) is 0 Å². The van der Waals surface area contributed by atoms with Crippen LogP contribution in [0.1, 0.15) is 29.8 Å². The zero-order valence-corrected chi connectivity index (χ0v) is 14.1. The number of esters is 1. The van der Waals surface area contributed by atoms with Gasteiger partial charge in [0, 0.05) is 30.2 Å². The molecule has 0 saturated heterocycles. The topological polar surface area (TPSA) is 70.9 Å². The van der Waals surface area contributed by atoms with Gasteiger partial charge in [0.2, 0.25) is 0 Å². The lowest BCUT2D eigenvalue weighted by molar-refractivity contribution is 0.0459. The van der Waals surface area contributed by atoms with Crippen LogP contribution < -0.4 is 5.32 Å². The third-order valence-electron chi connectivity index (χ3n) is 3.23. The summed E-state index contributed by atoms with van der Waals surface area (Å²) in [7, 11) is 1.67. The maximum Gasteiger partial charge on any atom is 0.338 e. The molecule has 0 aliphatic rings. The largest absolute Gasteiger partial charge is 0.508 e. The second-order valence-electron chi connectivity index (χ2n) is 5.86. The fraction of sp³-hybridized carbons (Fsp3) is 0.263. The predicted octanol–water partition coefficient (Wildman–Crippen LogP) is 4.00. The number of hydrogen-bond acceptors (Lipinski definition) is 5. The number of nitrogens with zero attached hydrogens (tertiary/aromatic N) is 1. The van der Waals surface area contributed by atoms with Gasteiger partial charge < -0.3 is 15.2 Å². The van der Waals surface area contributed by atoms with Crippen molar-refractivity contribution in [3.05, 3.63) is 53.6 Å². The first-order valence-electron chi connectivity index (χ1n) is 7.79. The number of ether oxygens (including phenoxy) is 1. The summed E-state index contributed by atoms with van der Waals surface area (Å²) in [6.07, 6.45) is 1.66. The molecule has 2 aromatic rings. The Morgan fingerprint density at radius 3 is 2.79 bits per heavy atom. The molecule has 2 rings (SSSR count). The Hall–Kier alpha value is -2.82. The molecule has 0 atom stereocenters. The van der Waals surface area contributed by atoms with E-state index in [2.05, 4.69) is 10.3 Å². The Labute approximate surface area is 142 Å². The van der Waals surface area contributed by atoms with Crippen molar-refractivity contribution in [2.24, 2.45) is 10.9 Å². The van der Waals surface area contributed by atoms with Crippen LogP contribution in [0.4, 0.5) is 11.4 Å². The minimum Gasteiger partial charge on any atom is -0.508 e. The van der Waals surface area contributed by atoms with Crippen LogP contribution in [0.5, 0.6) is 5.75 Å². The number of hydrogen-bond donors (Lipinski definition) is 2. The standard InChI is InChI=1S/C19H22N2O3/c1-13(2)12-24-19(23)14-5-4-6-16(9-14)21-18-8-7-17(22)10-15(18)11-20-3/h4-11,13,21-22H,12H2,1-3H3. The van der Waals surface area contributed by atoms with Gasteiger partial charge in [-0.25, -0.2) is 4.79 Å². The van der Waals surface area contributed by atoms with E-state index in [1.807, 2.05) is 19.9 Å². The molecular weight excluding hydrogens is 304 g/mol. The van der Waals surface area contributed by atoms with Crippen molar-refractivity contribution in [2.45, 2.75) is 13.8 Å². The fourth-order valence-corrected chi connectivity index (χ4v) is 2.11. The lowest BCUT2D eigenvalue weighted by Crippen LogP contribution is -2.10. The van der Waals surface area contributed by atoms with Crippen LogP contribution in [-0.4, -0.2) is 30.9 Å². The molecule has 5 heteroatoms. The number of carbonyl (C=O) groups excluding carboxylic acids is 1. The predicted molar refractivity (Wildman–Crippen MR) is 96.5 cm³/mol. The van der Waals surface area contributed by atoms with Gasteiger partial charge in [0.15, 0.2) is 0 Å². The van der Waals surface area contributed by atoms with Crippen LogP contribution >= 0.6 is 0 Å². The highest BCUT2D eigenvalue weighted by molar-refractivity contribution is 5.92. The van der Waals surface area contributed by atoms with Crippen molar-refractivity contribution in [1.82, 2.24) is 0 Å². The van der Waals surface area contributed by atoms with Crippen LogP contribution in [0.2, 0.25) is 0 Å². The number of phenolic OH excluding ortho intramolecular Hbond substituents is 1. The summed E-state index contributed by atoms with van der Waals surface area (Å²) in [5, 5.41) is 12.8. The first kappa shape index (κ1) is 17.5. The van der Waals surface area contributed by atoms with Gasteiger partial charge in [0.1, 0.15) is 5.75 Å². The highest BCUT2D eigenvalue weighted by Crippen LogP contribution is 2.24. The molecule has 2 aromatic carbocycles. The van der Waals surface area contributed by atoms with Crippen molar-refractivity contribution in [3.63, 3.8) is 0 Å². The number of aromatic hydroxyl groups is 1. The summed E-state index contributed by atoms with van der Waals surface area (Å²) in [6, 6.07) is 12.1. The molecule has 0 saturated carbocycles. The summed E-state index contributed by atoms with van der Waals surface area (Å²) in [5.41, 5.74) is 2.78. The van der Waals surface area contributed by atoms with Gasteiger partial charge in [0.25, 0.3) is 0 Å². The number of phenols is 1. The molecule has 126 valence electrons. The zero-order valence-electron chi connectivity index (χ0n) is 14.1. The van der Waals surface area contributed by atoms with Crippen LogP contribution in [0.15, 0.2) is 47.5 Å². The second kappa shape index (κ2) is 8.15. The summed E-state index contributed by atoms with van der Waals surface area (Å²) >= 11 is 0. The summed E-state index contributed by atoms with van der Waals surface area (Å²) in [4.78, 5) is 16.0. The van der Waals surface area contributed by atoms with Gasteiger partial charge >= 0.3 is 5.97 Å². The van der Waals surface area contributed by atoms with E-state index in [9.17, 15) is 9.90 Å². The summed E-state index contributed by atoms with van der Waals surface area (Å²) in [6.45, 7) is 4.38. The molecule has 2 N–H and O–H groups in total.